The molecule has 2 unspecified atom stereocenters. The molecule has 4 nitrogen and oxygen atoms in total. The van der Waals surface area contributed by atoms with E-state index in [-0.39, 0.29) is 11.4 Å². The summed E-state index contributed by atoms with van der Waals surface area (Å²) in [5, 5.41) is 2.55. The summed E-state index contributed by atoms with van der Waals surface area (Å²) in [6, 6.07) is 19.9. The van der Waals surface area contributed by atoms with Gasteiger partial charge in [-0.25, -0.2) is 0 Å². The zero-order chi connectivity index (χ0) is 26.9. The summed E-state index contributed by atoms with van der Waals surface area (Å²) < 4.78 is 39.2. The SMILES string of the molecule is Cc1cc(C(=O)Nc2cc(C(F)(F)F)ccc2N)ccc1C1CCC(N2CCC(c3ccccc3)CC2)C1. The molecule has 1 saturated carbocycles. The number of nitrogens with two attached hydrogens (primary N) is 1. The van der Waals surface area contributed by atoms with E-state index in [0.29, 0.717) is 23.4 Å². The molecule has 38 heavy (non-hydrogen) atoms. The number of carbonyl (C=O) groups excluding carboxylic acids is 1. The van der Waals surface area contributed by atoms with Gasteiger partial charge in [-0.15, -0.1) is 0 Å². The van der Waals surface area contributed by atoms with Crippen LogP contribution in [-0.2, 0) is 6.18 Å². The van der Waals surface area contributed by atoms with E-state index >= 15 is 0 Å². The third-order valence-corrected chi connectivity index (χ3v) is 8.32. The van der Waals surface area contributed by atoms with Gasteiger partial charge in [-0.2, -0.15) is 13.2 Å². The van der Waals surface area contributed by atoms with E-state index in [0.717, 1.165) is 49.7 Å². The van der Waals surface area contributed by atoms with Crippen molar-refractivity contribution in [1.29, 1.82) is 0 Å². The van der Waals surface area contributed by atoms with E-state index in [2.05, 4.69) is 40.5 Å². The highest BCUT2D eigenvalue weighted by Crippen LogP contribution is 2.40. The molecule has 7 heteroatoms. The molecular formula is C31H34F3N3O. The third-order valence-electron chi connectivity index (χ3n) is 8.32. The number of piperidine rings is 1. The number of hydrogen-bond acceptors (Lipinski definition) is 3. The average Bonchev–Trinajstić information content (AvgIpc) is 3.40. The topological polar surface area (TPSA) is 58.4 Å². The molecule has 2 aliphatic rings. The normalized spacial score (nSPS) is 20.9. The summed E-state index contributed by atoms with van der Waals surface area (Å²) in [4.78, 5) is 15.5. The van der Waals surface area contributed by atoms with Gasteiger partial charge in [-0.05, 0) is 111 Å². The standard InChI is InChI=1S/C31H34F3N3O/c1-20-17-24(30(38)36-29-19-25(31(32,33)34)9-12-28(29)35)8-11-27(20)23-7-10-26(18-23)37-15-13-22(14-16-37)21-5-3-2-4-6-21/h2-6,8-9,11-12,17,19,22-23,26H,7,10,13-16,18,35H2,1H3,(H,36,38). The van der Waals surface area contributed by atoms with Gasteiger partial charge in [0.2, 0.25) is 0 Å². The van der Waals surface area contributed by atoms with Gasteiger partial charge in [0, 0.05) is 11.6 Å². The Kier molecular flexibility index (Phi) is 7.48. The van der Waals surface area contributed by atoms with E-state index in [1.54, 1.807) is 6.07 Å². The lowest BCUT2D eigenvalue weighted by molar-refractivity contribution is -0.137. The van der Waals surface area contributed by atoms with Crippen molar-refractivity contribution in [3.05, 3.63) is 94.5 Å². The second-order valence-corrected chi connectivity index (χ2v) is 10.7. The van der Waals surface area contributed by atoms with Crippen LogP contribution in [0.25, 0.3) is 0 Å². The number of nitrogens with one attached hydrogen (secondary N) is 1. The number of carbonyl (C=O) groups is 1. The van der Waals surface area contributed by atoms with Crippen LogP contribution >= 0.6 is 0 Å². The molecule has 1 amide bonds. The first kappa shape index (κ1) is 26.3. The molecule has 2 atom stereocenters. The van der Waals surface area contributed by atoms with Gasteiger partial charge < -0.3 is 16.0 Å². The lowest BCUT2D eigenvalue weighted by atomic mass is 9.88. The Morgan fingerprint density at radius 1 is 0.921 bits per heavy atom. The quantitative estimate of drug-likeness (QED) is 0.345. The Hall–Kier alpha value is -3.32. The summed E-state index contributed by atoms with van der Waals surface area (Å²) >= 11 is 0. The van der Waals surface area contributed by atoms with Crippen molar-refractivity contribution in [2.75, 3.05) is 24.1 Å². The smallest absolute Gasteiger partial charge is 0.397 e. The number of aryl methyl sites for hydroxylation is 1. The molecule has 5 rings (SSSR count). The number of anilines is 2. The average molecular weight is 522 g/mol. The van der Waals surface area contributed by atoms with Gasteiger partial charge in [0.05, 0.1) is 16.9 Å². The van der Waals surface area contributed by atoms with Crippen molar-refractivity contribution in [1.82, 2.24) is 4.90 Å². The molecule has 200 valence electrons. The van der Waals surface area contributed by atoms with Crippen molar-refractivity contribution in [2.24, 2.45) is 0 Å². The highest BCUT2D eigenvalue weighted by molar-refractivity contribution is 6.06. The number of alkyl halides is 3. The summed E-state index contributed by atoms with van der Waals surface area (Å²) in [6.45, 7) is 4.27. The fourth-order valence-electron chi connectivity index (χ4n) is 6.21. The van der Waals surface area contributed by atoms with E-state index in [1.165, 1.54) is 30.4 Å². The van der Waals surface area contributed by atoms with Crippen LogP contribution < -0.4 is 11.1 Å². The van der Waals surface area contributed by atoms with Crippen LogP contribution in [0.4, 0.5) is 24.5 Å². The fourth-order valence-corrected chi connectivity index (χ4v) is 6.21. The minimum atomic E-state index is -4.51. The molecule has 0 spiro atoms. The van der Waals surface area contributed by atoms with Crippen LogP contribution in [0.1, 0.15) is 76.6 Å². The Labute approximate surface area is 222 Å². The minimum Gasteiger partial charge on any atom is -0.397 e. The van der Waals surface area contributed by atoms with Crippen LogP contribution in [0.3, 0.4) is 0 Å². The summed E-state index contributed by atoms with van der Waals surface area (Å²) in [5.41, 5.74) is 9.15. The minimum absolute atomic E-state index is 0.0405. The van der Waals surface area contributed by atoms with Crippen LogP contribution in [0.2, 0.25) is 0 Å². The number of likely N-dealkylation sites (tertiary alicyclic amines) is 1. The Balaban J connectivity index is 1.20. The van der Waals surface area contributed by atoms with Gasteiger partial charge >= 0.3 is 6.18 Å². The van der Waals surface area contributed by atoms with Crippen molar-refractivity contribution < 1.29 is 18.0 Å². The van der Waals surface area contributed by atoms with Gasteiger partial charge in [-0.3, -0.25) is 4.79 Å². The van der Waals surface area contributed by atoms with Crippen molar-refractivity contribution in [3.8, 4) is 0 Å². The lowest BCUT2D eigenvalue weighted by Gasteiger charge is -2.36. The van der Waals surface area contributed by atoms with Crippen LogP contribution in [0.5, 0.6) is 0 Å². The maximum atomic E-state index is 13.1. The molecule has 0 radical (unpaired) electrons. The first-order valence-electron chi connectivity index (χ1n) is 13.4. The zero-order valence-electron chi connectivity index (χ0n) is 21.6. The summed E-state index contributed by atoms with van der Waals surface area (Å²) in [6.07, 6.45) is 1.30. The highest BCUT2D eigenvalue weighted by Gasteiger charge is 2.33. The maximum absolute atomic E-state index is 13.1. The highest BCUT2D eigenvalue weighted by atomic mass is 19.4. The van der Waals surface area contributed by atoms with Crippen LogP contribution in [0, 0.1) is 6.92 Å². The fraction of sp³-hybridized carbons (Fsp3) is 0.387. The number of halogens is 3. The second kappa shape index (κ2) is 10.8. The van der Waals surface area contributed by atoms with E-state index < -0.39 is 17.6 Å². The maximum Gasteiger partial charge on any atom is 0.416 e. The number of rotatable bonds is 5. The molecule has 3 aromatic rings. The number of amides is 1. The molecule has 1 aliphatic carbocycles. The summed E-state index contributed by atoms with van der Waals surface area (Å²) in [7, 11) is 0. The lowest BCUT2D eigenvalue weighted by Crippen LogP contribution is -2.39. The predicted molar refractivity (Wildman–Crippen MR) is 145 cm³/mol. The first-order chi connectivity index (χ1) is 18.2. The van der Waals surface area contributed by atoms with Crippen molar-refractivity contribution in [2.45, 2.75) is 63.1 Å². The number of nitrogens with zero attached hydrogens (tertiary/aromatic N) is 1. The van der Waals surface area contributed by atoms with Gasteiger partial charge in [0.1, 0.15) is 0 Å². The second-order valence-electron chi connectivity index (χ2n) is 10.7. The van der Waals surface area contributed by atoms with Crippen LogP contribution in [-0.4, -0.2) is 29.9 Å². The van der Waals surface area contributed by atoms with Gasteiger partial charge in [0.25, 0.3) is 5.91 Å². The molecular weight excluding hydrogens is 487 g/mol. The van der Waals surface area contributed by atoms with E-state index in [1.807, 2.05) is 19.1 Å². The number of hydrogen-bond donors (Lipinski definition) is 2. The Bertz CT molecular complexity index is 1280. The molecule has 2 fully saturated rings. The van der Waals surface area contributed by atoms with E-state index in [4.69, 9.17) is 5.73 Å². The van der Waals surface area contributed by atoms with E-state index in [9.17, 15) is 18.0 Å². The molecule has 1 aliphatic heterocycles. The Morgan fingerprint density at radius 2 is 1.66 bits per heavy atom. The molecule has 0 aromatic heterocycles. The van der Waals surface area contributed by atoms with Gasteiger partial charge in [-0.1, -0.05) is 36.4 Å². The Morgan fingerprint density at radius 3 is 2.34 bits per heavy atom. The monoisotopic (exact) mass is 521 g/mol. The van der Waals surface area contributed by atoms with Gasteiger partial charge in [0.15, 0.2) is 0 Å². The van der Waals surface area contributed by atoms with Crippen molar-refractivity contribution in [3.63, 3.8) is 0 Å². The molecule has 3 N–H and O–H groups in total. The number of benzene rings is 3. The zero-order valence-corrected chi connectivity index (χ0v) is 21.6. The third kappa shape index (κ3) is 5.73. The summed E-state index contributed by atoms with van der Waals surface area (Å²) in [5.74, 6) is 0.621. The predicted octanol–water partition coefficient (Wildman–Crippen LogP) is 7.36. The number of nitrogen functional groups attached to an aromatic ring is 1. The molecule has 1 heterocycles. The molecule has 0 bridgehead atoms. The first-order valence-corrected chi connectivity index (χ1v) is 13.4. The van der Waals surface area contributed by atoms with Crippen molar-refractivity contribution >= 4 is 17.3 Å². The molecule has 1 saturated heterocycles. The largest absolute Gasteiger partial charge is 0.416 e. The molecule has 3 aromatic carbocycles. The van der Waals surface area contributed by atoms with Crippen LogP contribution in [0.15, 0.2) is 66.7 Å².